The fraction of sp³-hybridized carbons (Fsp3) is 0.500. The number of carbonyl (C=O) groups excluding carboxylic acids is 1. The molecule has 1 atom stereocenters. The Labute approximate surface area is 130 Å². The topological polar surface area (TPSA) is 70.1 Å². The number of piperazine rings is 1. The van der Waals surface area contributed by atoms with Crippen LogP contribution >= 0.6 is 0 Å². The monoisotopic (exact) mass is 306 g/mol. The van der Waals surface area contributed by atoms with E-state index in [1.165, 1.54) is 0 Å². The maximum Gasteiger partial charge on any atom is 0.320 e. The molecular weight excluding hydrogens is 284 g/mol. The number of hydrogen-bond donors (Lipinski definition) is 1. The number of ether oxygens (including phenoxy) is 1. The molecule has 1 N–H and O–H groups in total. The van der Waals surface area contributed by atoms with Crippen LogP contribution in [0.2, 0.25) is 0 Å². The third-order valence-corrected chi connectivity index (χ3v) is 4.06. The second-order valence-corrected chi connectivity index (χ2v) is 5.46. The summed E-state index contributed by atoms with van der Waals surface area (Å²) in [5.74, 6) is -0.0163. The Kier molecular flexibility index (Phi) is 5.38. The Hall–Kier alpha value is -2.08. The molecule has 1 fully saturated rings. The van der Waals surface area contributed by atoms with E-state index < -0.39 is 12.0 Å². The van der Waals surface area contributed by atoms with Gasteiger partial charge in [-0.05, 0) is 24.6 Å². The SMILES string of the molecule is COc1cccc(CC(=O)N2CCN(C(C)C(=O)O)CC2)c1. The van der Waals surface area contributed by atoms with E-state index in [1.54, 1.807) is 18.9 Å². The van der Waals surface area contributed by atoms with Gasteiger partial charge in [0.1, 0.15) is 11.8 Å². The predicted octanol–water partition coefficient (Wildman–Crippen LogP) is 0.855. The molecule has 6 heteroatoms. The molecule has 2 rings (SSSR count). The third kappa shape index (κ3) is 3.98. The number of aliphatic carboxylic acids is 1. The minimum atomic E-state index is -0.823. The number of nitrogens with zero attached hydrogens (tertiary/aromatic N) is 2. The molecular formula is C16H22N2O4. The summed E-state index contributed by atoms with van der Waals surface area (Å²) >= 11 is 0. The average molecular weight is 306 g/mol. The van der Waals surface area contributed by atoms with E-state index in [0.717, 1.165) is 11.3 Å². The minimum Gasteiger partial charge on any atom is -0.497 e. The number of carboxylic acids is 1. The Morgan fingerprint density at radius 3 is 2.55 bits per heavy atom. The predicted molar refractivity (Wildman–Crippen MR) is 81.9 cm³/mol. The molecule has 1 aliphatic rings. The van der Waals surface area contributed by atoms with Crippen molar-refractivity contribution in [2.75, 3.05) is 33.3 Å². The van der Waals surface area contributed by atoms with E-state index in [1.807, 2.05) is 29.2 Å². The van der Waals surface area contributed by atoms with Crippen molar-refractivity contribution < 1.29 is 19.4 Å². The molecule has 1 heterocycles. The van der Waals surface area contributed by atoms with Crippen molar-refractivity contribution in [2.45, 2.75) is 19.4 Å². The molecule has 0 aromatic heterocycles. The second-order valence-electron chi connectivity index (χ2n) is 5.46. The fourth-order valence-corrected chi connectivity index (χ4v) is 2.58. The lowest BCUT2D eigenvalue weighted by atomic mass is 10.1. The van der Waals surface area contributed by atoms with Crippen LogP contribution in [0.25, 0.3) is 0 Å². The lowest BCUT2D eigenvalue weighted by Crippen LogP contribution is -2.53. The van der Waals surface area contributed by atoms with E-state index in [0.29, 0.717) is 32.6 Å². The Morgan fingerprint density at radius 1 is 1.27 bits per heavy atom. The van der Waals surface area contributed by atoms with Gasteiger partial charge in [-0.1, -0.05) is 12.1 Å². The molecule has 22 heavy (non-hydrogen) atoms. The van der Waals surface area contributed by atoms with E-state index >= 15 is 0 Å². The maximum absolute atomic E-state index is 12.3. The molecule has 1 saturated heterocycles. The molecule has 0 bridgehead atoms. The molecule has 1 aromatic carbocycles. The normalized spacial score (nSPS) is 17.1. The molecule has 6 nitrogen and oxygen atoms in total. The van der Waals surface area contributed by atoms with Crippen molar-refractivity contribution in [1.82, 2.24) is 9.80 Å². The van der Waals surface area contributed by atoms with E-state index in [-0.39, 0.29) is 5.91 Å². The highest BCUT2D eigenvalue weighted by Gasteiger charge is 2.27. The zero-order valence-corrected chi connectivity index (χ0v) is 13.0. The van der Waals surface area contributed by atoms with Gasteiger partial charge in [0.2, 0.25) is 5.91 Å². The first-order valence-corrected chi connectivity index (χ1v) is 7.39. The van der Waals surface area contributed by atoms with Gasteiger partial charge in [-0.15, -0.1) is 0 Å². The lowest BCUT2D eigenvalue weighted by molar-refractivity contribution is -0.144. The molecule has 1 aliphatic heterocycles. The van der Waals surface area contributed by atoms with E-state index in [2.05, 4.69) is 0 Å². The first kappa shape index (κ1) is 16.3. The molecule has 1 amide bonds. The first-order valence-electron chi connectivity index (χ1n) is 7.39. The van der Waals surface area contributed by atoms with Crippen LogP contribution in [0.4, 0.5) is 0 Å². The standard InChI is InChI=1S/C16H22N2O4/c1-12(16(20)21)17-6-8-18(9-7-17)15(19)11-13-4-3-5-14(10-13)22-2/h3-5,10,12H,6-9,11H2,1-2H3,(H,20,21). The zero-order valence-electron chi connectivity index (χ0n) is 13.0. The first-order chi connectivity index (χ1) is 10.5. The highest BCUT2D eigenvalue weighted by Crippen LogP contribution is 2.14. The van der Waals surface area contributed by atoms with Crippen LogP contribution in [0.15, 0.2) is 24.3 Å². The van der Waals surface area contributed by atoms with Crippen LogP contribution in [-0.4, -0.2) is 66.1 Å². The number of carbonyl (C=O) groups is 2. The maximum atomic E-state index is 12.3. The number of hydrogen-bond acceptors (Lipinski definition) is 4. The summed E-state index contributed by atoms with van der Waals surface area (Å²) in [6, 6.07) is 6.98. The molecule has 1 aromatic rings. The third-order valence-electron chi connectivity index (χ3n) is 4.06. The van der Waals surface area contributed by atoms with Gasteiger partial charge < -0.3 is 14.7 Å². The zero-order chi connectivity index (χ0) is 16.1. The Morgan fingerprint density at radius 2 is 1.95 bits per heavy atom. The average Bonchev–Trinajstić information content (AvgIpc) is 2.54. The van der Waals surface area contributed by atoms with Crippen molar-refractivity contribution in [3.05, 3.63) is 29.8 Å². The van der Waals surface area contributed by atoms with Crippen LogP contribution < -0.4 is 4.74 Å². The molecule has 0 radical (unpaired) electrons. The van der Waals surface area contributed by atoms with Crippen LogP contribution in [0.5, 0.6) is 5.75 Å². The summed E-state index contributed by atoms with van der Waals surface area (Å²) in [6.07, 6.45) is 0.339. The molecule has 0 saturated carbocycles. The van der Waals surface area contributed by atoms with E-state index in [4.69, 9.17) is 9.84 Å². The Balaban J connectivity index is 1.88. The Bertz CT molecular complexity index is 539. The van der Waals surface area contributed by atoms with Crippen LogP contribution in [0, 0.1) is 0 Å². The van der Waals surface area contributed by atoms with Crippen LogP contribution in [0.1, 0.15) is 12.5 Å². The van der Waals surface area contributed by atoms with Crippen molar-refractivity contribution in [2.24, 2.45) is 0 Å². The van der Waals surface area contributed by atoms with Gasteiger partial charge in [0.05, 0.1) is 13.5 Å². The smallest absolute Gasteiger partial charge is 0.320 e. The van der Waals surface area contributed by atoms with Gasteiger partial charge in [-0.2, -0.15) is 0 Å². The van der Waals surface area contributed by atoms with Gasteiger partial charge >= 0.3 is 5.97 Å². The quantitative estimate of drug-likeness (QED) is 0.873. The molecule has 1 unspecified atom stereocenters. The molecule has 0 spiro atoms. The summed E-state index contributed by atoms with van der Waals surface area (Å²) in [4.78, 5) is 27.0. The summed E-state index contributed by atoms with van der Waals surface area (Å²) in [5.41, 5.74) is 0.922. The van der Waals surface area contributed by atoms with Crippen LogP contribution in [-0.2, 0) is 16.0 Å². The fourth-order valence-electron chi connectivity index (χ4n) is 2.58. The number of amides is 1. The highest BCUT2D eigenvalue weighted by atomic mass is 16.5. The highest BCUT2D eigenvalue weighted by molar-refractivity contribution is 5.79. The van der Waals surface area contributed by atoms with Crippen molar-refractivity contribution in [3.63, 3.8) is 0 Å². The largest absolute Gasteiger partial charge is 0.497 e. The van der Waals surface area contributed by atoms with Gasteiger partial charge in [0.15, 0.2) is 0 Å². The molecule has 0 aliphatic carbocycles. The summed E-state index contributed by atoms with van der Waals surface area (Å²) in [5, 5.41) is 9.02. The number of rotatable bonds is 5. The van der Waals surface area contributed by atoms with Gasteiger partial charge in [0, 0.05) is 26.2 Å². The molecule has 120 valence electrons. The number of methoxy groups -OCH3 is 1. The van der Waals surface area contributed by atoms with Gasteiger partial charge in [-0.3, -0.25) is 14.5 Å². The summed E-state index contributed by atoms with van der Waals surface area (Å²) in [7, 11) is 1.60. The van der Waals surface area contributed by atoms with Crippen molar-refractivity contribution in [1.29, 1.82) is 0 Å². The van der Waals surface area contributed by atoms with E-state index in [9.17, 15) is 9.59 Å². The second kappa shape index (κ2) is 7.26. The number of benzene rings is 1. The lowest BCUT2D eigenvalue weighted by Gasteiger charge is -2.36. The van der Waals surface area contributed by atoms with Crippen molar-refractivity contribution in [3.8, 4) is 5.75 Å². The summed E-state index contributed by atoms with van der Waals surface area (Å²) < 4.78 is 5.16. The minimum absolute atomic E-state index is 0.0656. The van der Waals surface area contributed by atoms with Crippen LogP contribution in [0.3, 0.4) is 0 Å². The summed E-state index contributed by atoms with van der Waals surface area (Å²) in [6.45, 7) is 4.01. The van der Waals surface area contributed by atoms with Crippen molar-refractivity contribution >= 4 is 11.9 Å². The van der Waals surface area contributed by atoms with Gasteiger partial charge in [0.25, 0.3) is 0 Å². The number of carboxylic acid groups (broad SMARTS) is 1. The van der Waals surface area contributed by atoms with Gasteiger partial charge in [-0.25, -0.2) is 0 Å².